The van der Waals surface area contributed by atoms with Gasteiger partial charge in [-0.2, -0.15) is 4.31 Å². The number of carbonyl (C=O) groups excluding carboxylic acids is 1. The summed E-state index contributed by atoms with van der Waals surface area (Å²) in [5.74, 6) is 0.234. The molecule has 1 atom stereocenters. The largest absolute Gasteiger partial charge is 0.481 e. The maximum absolute atomic E-state index is 12.5. The van der Waals surface area contributed by atoms with Crippen LogP contribution in [0.5, 0.6) is 5.75 Å². The third-order valence-electron chi connectivity index (χ3n) is 3.54. The number of nitrogens with zero attached hydrogens (tertiary/aromatic N) is 1. The van der Waals surface area contributed by atoms with Crippen LogP contribution in [0.3, 0.4) is 0 Å². The zero-order valence-electron chi connectivity index (χ0n) is 14.2. The summed E-state index contributed by atoms with van der Waals surface area (Å²) in [6.07, 6.45) is -0.658. The van der Waals surface area contributed by atoms with E-state index in [-0.39, 0.29) is 16.8 Å². The Bertz CT molecular complexity index is 652. The molecular formula is C16H24N2O5S. The highest BCUT2D eigenvalue weighted by Crippen LogP contribution is 2.21. The van der Waals surface area contributed by atoms with Crippen molar-refractivity contribution >= 4 is 15.9 Å². The first-order valence-corrected chi connectivity index (χ1v) is 9.39. The van der Waals surface area contributed by atoms with Crippen LogP contribution in [0.2, 0.25) is 0 Å². The number of sulfonamides is 1. The van der Waals surface area contributed by atoms with Crippen LogP contribution in [-0.4, -0.2) is 57.1 Å². The number of hydrogen-bond donors (Lipinski definition) is 1. The fourth-order valence-corrected chi connectivity index (χ4v) is 3.69. The molecule has 1 N–H and O–H groups in total. The molecule has 2 rings (SSSR count). The van der Waals surface area contributed by atoms with Crippen molar-refractivity contribution in [3.05, 3.63) is 24.3 Å². The highest BCUT2D eigenvalue weighted by molar-refractivity contribution is 7.89. The summed E-state index contributed by atoms with van der Waals surface area (Å²) < 4.78 is 37.2. The average molecular weight is 356 g/mol. The van der Waals surface area contributed by atoms with Gasteiger partial charge in [-0.1, -0.05) is 0 Å². The maximum Gasteiger partial charge on any atom is 0.260 e. The molecule has 7 nitrogen and oxygen atoms in total. The van der Waals surface area contributed by atoms with E-state index in [0.717, 1.165) is 0 Å². The predicted molar refractivity (Wildman–Crippen MR) is 89.4 cm³/mol. The van der Waals surface area contributed by atoms with Gasteiger partial charge < -0.3 is 14.8 Å². The lowest BCUT2D eigenvalue weighted by Crippen LogP contribution is -2.40. The minimum atomic E-state index is -3.52. The Morgan fingerprint density at radius 3 is 2.29 bits per heavy atom. The molecule has 8 heteroatoms. The molecule has 0 bridgehead atoms. The summed E-state index contributed by atoms with van der Waals surface area (Å²) in [6.45, 7) is 6.91. The zero-order valence-corrected chi connectivity index (χ0v) is 15.0. The first-order chi connectivity index (χ1) is 11.3. The van der Waals surface area contributed by atoms with Gasteiger partial charge in [-0.3, -0.25) is 4.79 Å². The average Bonchev–Trinajstić information content (AvgIpc) is 2.55. The Morgan fingerprint density at radius 2 is 1.75 bits per heavy atom. The quantitative estimate of drug-likeness (QED) is 0.822. The van der Waals surface area contributed by atoms with Gasteiger partial charge in [0.05, 0.1) is 18.1 Å². The van der Waals surface area contributed by atoms with E-state index in [2.05, 4.69) is 5.32 Å². The predicted octanol–water partition coefficient (Wildman–Crippen LogP) is 0.999. The van der Waals surface area contributed by atoms with Crippen LogP contribution in [0.4, 0.5) is 0 Å². The molecule has 1 heterocycles. The third kappa shape index (κ3) is 4.68. The topological polar surface area (TPSA) is 84.9 Å². The maximum atomic E-state index is 12.5. The standard InChI is InChI=1S/C16H24N2O5S/c1-12(2)17-16(19)13(3)23-14-4-6-15(7-5-14)24(20,21)18-8-10-22-11-9-18/h4-7,12-13H,8-11H2,1-3H3,(H,17,19). The molecule has 0 aliphatic carbocycles. The minimum absolute atomic E-state index is 0.0320. The van der Waals surface area contributed by atoms with Crippen molar-refractivity contribution < 1.29 is 22.7 Å². The number of amides is 1. The molecule has 1 aromatic carbocycles. The number of benzene rings is 1. The van der Waals surface area contributed by atoms with Gasteiger partial charge in [0, 0.05) is 19.1 Å². The Balaban J connectivity index is 2.03. The Kier molecular flexibility index (Phi) is 6.20. The van der Waals surface area contributed by atoms with Gasteiger partial charge in [0.2, 0.25) is 10.0 Å². The highest BCUT2D eigenvalue weighted by Gasteiger charge is 2.26. The summed E-state index contributed by atoms with van der Waals surface area (Å²) >= 11 is 0. The number of hydrogen-bond acceptors (Lipinski definition) is 5. The minimum Gasteiger partial charge on any atom is -0.481 e. The summed E-state index contributed by atoms with van der Waals surface area (Å²) in [5, 5.41) is 2.76. The summed E-state index contributed by atoms with van der Waals surface area (Å²) in [4.78, 5) is 12.0. The fourth-order valence-electron chi connectivity index (χ4n) is 2.29. The van der Waals surface area contributed by atoms with Gasteiger partial charge >= 0.3 is 0 Å². The van der Waals surface area contributed by atoms with Gasteiger partial charge in [0.15, 0.2) is 6.10 Å². The first kappa shape index (κ1) is 18.7. The number of carbonyl (C=O) groups is 1. The highest BCUT2D eigenvalue weighted by atomic mass is 32.2. The lowest BCUT2D eigenvalue weighted by atomic mass is 10.3. The second kappa shape index (κ2) is 7.96. The summed E-state index contributed by atoms with van der Waals surface area (Å²) in [5.41, 5.74) is 0. The van der Waals surface area contributed by atoms with Crippen molar-refractivity contribution in [2.24, 2.45) is 0 Å². The number of nitrogens with one attached hydrogen (secondary N) is 1. The molecule has 0 aromatic heterocycles. The van der Waals surface area contributed by atoms with Crippen LogP contribution < -0.4 is 10.1 Å². The number of morpholine rings is 1. The summed E-state index contributed by atoms with van der Waals surface area (Å²) in [6, 6.07) is 6.14. The molecule has 1 aliphatic rings. The molecule has 1 amide bonds. The Labute approximate surface area is 143 Å². The second-order valence-corrected chi connectivity index (χ2v) is 7.85. The van der Waals surface area contributed by atoms with Crippen LogP contribution in [-0.2, 0) is 19.6 Å². The van der Waals surface area contributed by atoms with Crippen LogP contribution in [0.25, 0.3) is 0 Å². The van der Waals surface area contributed by atoms with Gasteiger partial charge in [-0.25, -0.2) is 8.42 Å². The Hall–Kier alpha value is -1.64. The molecule has 134 valence electrons. The van der Waals surface area contributed by atoms with Gasteiger partial charge in [0.1, 0.15) is 5.75 Å². The van der Waals surface area contributed by atoms with Crippen LogP contribution >= 0.6 is 0 Å². The normalized spacial score (nSPS) is 17.5. The van der Waals surface area contributed by atoms with Crippen molar-refractivity contribution in [1.82, 2.24) is 9.62 Å². The molecule has 1 aromatic rings. The van der Waals surface area contributed by atoms with E-state index in [1.165, 1.54) is 16.4 Å². The molecule has 1 unspecified atom stereocenters. The van der Waals surface area contributed by atoms with E-state index < -0.39 is 16.1 Å². The van der Waals surface area contributed by atoms with Gasteiger partial charge in [0.25, 0.3) is 5.91 Å². The number of rotatable bonds is 6. The van der Waals surface area contributed by atoms with Gasteiger partial charge in [-0.05, 0) is 45.0 Å². The van der Waals surface area contributed by atoms with Crippen molar-refractivity contribution in [2.45, 2.75) is 37.8 Å². The van der Waals surface area contributed by atoms with Crippen molar-refractivity contribution in [1.29, 1.82) is 0 Å². The van der Waals surface area contributed by atoms with E-state index in [1.807, 2.05) is 13.8 Å². The molecule has 0 radical (unpaired) electrons. The molecule has 0 spiro atoms. The lowest BCUT2D eigenvalue weighted by Gasteiger charge is -2.26. The van der Waals surface area contributed by atoms with Crippen molar-refractivity contribution in [3.8, 4) is 5.75 Å². The monoisotopic (exact) mass is 356 g/mol. The number of ether oxygens (including phenoxy) is 2. The van der Waals surface area contributed by atoms with Crippen LogP contribution in [0, 0.1) is 0 Å². The Morgan fingerprint density at radius 1 is 1.17 bits per heavy atom. The molecule has 24 heavy (non-hydrogen) atoms. The van der Waals surface area contributed by atoms with Crippen molar-refractivity contribution in [3.63, 3.8) is 0 Å². The van der Waals surface area contributed by atoms with E-state index in [4.69, 9.17) is 9.47 Å². The van der Waals surface area contributed by atoms with E-state index in [1.54, 1.807) is 19.1 Å². The smallest absolute Gasteiger partial charge is 0.260 e. The van der Waals surface area contributed by atoms with Crippen LogP contribution in [0.15, 0.2) is 29.2 Å². The van der Waals surface area contributed by atoms with E-state index in [9.17, 15) is 13.2 Å². The molecule has 0 saturated carbocycles. The third-order valence-corrected chi connectivity index (χ3v) is 5.46. The fraction of sp³-hybridized carbons (Fsp3) is 0.562. The molecule has 1 aliphatic heterocycles. The van der Waals surface area contributed by atoms with Gasteiger partial charge in [-0.15, -0.1) is 0 Å². The summed E-state index contributed by atoms with van der Waals surface area (Å²) in [7, 11) is -3.52. The zero-order chi connectivity index (χ0) is 17.7. The first-order valence-electron chi connectivity index (χ1n) is 7.95. The molecule has 1 saturated heterocycles. The lowest BCUT2D eigenvalue weighted by molar-refractivity contribution is -0.127. The molecule has 1 fully saturated rings. The van der Waals surface area contributed by atoms with Crippen LogP contribution in [0.1, 0.15) is 20.8 Å². The SMILES string of the molecule is CC(C)NC(=O)C(C)Oc1ccc(S(=O)(=O)N2CCOCC2)cc1. The van der Waals surface area contributed by atoms with E-state index in [0.29, 0.717) is 32.1 Å². The molecular weight excluding hydrogens is 332 g/mol. The van der Waals surface area contributed by atoms with E-state index >= 15 is 0 Å². The second-order valence-electron chi connectivity index (χ2n) is 5.91. The van der Waals surface area contributed by atoms with Crippen molar-refractivity contribution in [2.75, 3.05) is 26.3 Å².